The molecule has 1 unspecified atom stereocenters. The second kappa shape index (κ2) is 10.4. The molecule has 6 nitrogen and oxygen atoms in total. The highest BCUT2D eigenvalue weighted by molar-refractivity contribution is 5.79. The molecule has 2 N–H and O–H groups in total. The van der Waals surface area contributed by atoms with Crippen molar-refractivity contribution >= 4 is 5.96 Å². The Morgan fingerprint density at radius 3 is 2.96 bits per heavy atom. The molecule has 0 bridgehead atoms. The second-order valence-electron chi connectivity index (χ2n) is 7.56. The van der Waals surface area contributed by atoms with Crippen molar-refractivity contribution in [2.75, 3.05) is 39.5 Å². The van der Waals surface area contributed by atoms with Crippen LogP contribution in [0, 0.1) is 5.92 Å². The number of hydrogen-bond acceptors (Lipinski definition) is 4. The quantitative estimate of drug-likeness (QED) is 0.416. The minimum Gasteiger partial charge on any atom is -0.454 e. The van der Waals surface area contributed by atoms with E-state index in [0.717, 1.165) is 42.0 Å². The normalized spacial score (nSPS) is 19.9. The summed E-state index contributed by atoms with van der Waals surface area (Å²) in [5, 5.41) is 6.78. The maximum atomic E-state index is 5.44. The number of aliphatic imine (C=N–C) groups is 1. The topological polar surface area (TPSA) is 58.1 Å². The molecule has 0 aliphatic carbocycles. The predicted octanol–water partition coefficient (Wildman–Crippen LogP) is 2.98. The fourth-order valence-corrected chi connectivity index (χ4v) is 3.71. The molecule has 0 spiro atoms. The molecule has 1 aromatic carbocycles. The van der Waals surface area contributed by atoms with Gasteiger partial charge >= 0.3 is 0 Å². The van der Waals surface area contributed by atoms with Crippen molar-refractivity contribution in [3.63, 3.8) is 0 Å². The van der Waals surface area contributed by atoms with Crippen LogP contribution in [0.4, 0.5) is 0 Å². The summed E-state index contributed by atoms with van der Waals surface area (Å²) in [5.74, 6) is 3.37. The summed E-state index contributed by atoms with van der Waals surface area (Å²) in [7, 11) is 0. The number of rotatable bonds is 8. The van der Waals surface area contributed by atoms with Crippen LogP contribution >= 0.6 is 0 Å². The summed E-state index contributed by atoms with van der Waals surface area (Å²) < 4.78 is 10.8. The fraction of sp³-hybridized carbons (Fsp3) is 0.667. The summed E-state index contributed by atoms with van der Waals surface area (Å²) in [5.41, 5.74) is 1.12. The predicted molar refractivity (Wildman–Crippen MR) is 109 cm³/mol. The smallest absolute Gasteiger partial charge is 0.231 e. The number of nitrogens with one attached hydrogen (secondary N) is 2. The van der Waals surface area contributed by atoms with Crippen molar-refractivity contribution in [1.82, 2.24) is 15.5 Å². The largest absolute Gasteiger partial charge is 0.454 e. The van der Waals surface area contributed by atoms with Gasteiger partial charge in [0.15, 0.2) is 17.5 Å². The maximum Gasteiger partial charge on any atom is 0.231 e. The Bertz CT molecular complexity index is 620. The summed E-state index contributed by atoms with van der Waals surface area (Å²) in [6.07, 6.45) is 5.15. The first-order chi connectivity index (χ1) is 13.2. The Morgan fingerprint density at radius 1 is 1.22 bits per heavy atom. The zero-order valence-corrected chi connectivity index (χ0v) is 16.8. The summed E-state index contributed by atoms with van der Waals surface area (Å²) in [6.45, 7) is 11.0. The van der Waals surface area contributed by atoms with Crippen LogP contribution in [0.5, 0.6) is 11.5 Å². The molecule has 27 heavy (non-hydrogen) atoms. The molecular formula is C21H34N4O2. The number of ether oxygens (including phenoxy) is 2. The summed E-state index contributed by atoms with van der Waals surface area (Å²) in [4.78, 5) is 7.31. The number of likely N-dealkylation sites (tertiary alicyclic amines) is 1. The SMILES string of the molecule is CCNC(=NCc1ccc2c(c1)OCO2)NCCCCN1CCCC(C)C1. The van der Waals surface area contributed by atoms with Gasteiger partial charge in [-0.05, 0) is 69.3 Å². The lowest BCUT2D eigenvalue weighted by molar-refractivity contribution is 0.174. The van der Waals surface area contributed by atoms with E-state index in [4.69, 9.17) is 14.5 Å². The van der Waals surface area contributed by atoms with Gasteiger partial charge in [0.2, 0.25) is 6.79 Å². The van der Waals surface area contributed by atoms with Gasteiger partial charge in [-0.15, -0.1) is 0 Å². The minimum atomic E-state index is 0.308. The van der Waals surface area contributed by atoms with Crippen molar-refractivity contribution < 1.29 is 9.47 Å². The Kier molecular flexibility index (Phi) is 7.63. The van der Waals surface area contributed by atoms with Crippen LogP contribution in [-0.2, 0) is 6.54 Å². The molecule has 2 aliphatic rings. The molecule has 2 heterocycles. The molecule has 1 saturated heterocycles. The highest BCUT2D eigenvalue weighted by atomic mass is 16.7. The van der Waals surface area contributed by atoms with Gasteiger partial charge < -0.3 is 25.0 Å². The molecule has 150 valence electrons. The molecular weight excluding hydrogens is 340 g/mol. The molecule has 0 aromatic heterocycles. The van der Waals surface area contributed by atoms with Crippen LogP contribution < -0.4 is 20.1 Å². The number of guanidine groups is 1. The number of hydrogen-bond donors (Lipinski definition) is 2. The lowest BCUT2D eigenvalue weighted by Crippen LogP contribution is -2.38. The summed E-state index contributed by atoms with van der Waals surface area (Å²) in [6, 6.07) is 6.00. The highest BCUT2D eigenvalue weighted by Gasteiger charge is 2.15. The van der Waals surface area contributed by atoms with E-state index in [9.17, 15) is 0 Å². The zero-order chi connectivity index (χ0) is 18.9. The third-order valence-corrected chi connectivity index (χ3v) is 5.14. The lowest BCUT2D eigenvalue weighted by atomic mass is 10.0. The molecule has 0 amide bonds. The molecule has 2 aliphatic heterocycles. The Hall–Kier alpha value is -1.95. The van der Waals surface area contributed by atoms with Gasteiger partial charge in [-0.2, -0.15) is 0 Å². The Morgan fingerprint density at radius 2 is 2.11 bits per heavy atom. The van der Waals surface area contributed by atoms with E-state index in [-0.39, 0.29) is 0 Å². The van der Waals surface area contributed by atoms with Gasteiger partial charge in [0, 0.05) is 19.6 Å². The number of piperidine rings is 1. The monoisotopic (exact) mass is 374 g/mol. The average Bonchev–Trinajstić information content (AvgIpc) is 3.13. The molecule has 1 atom stereocenters. The van der Waals surface area contributed by atoms with Gasteiger partial charge in [0.1, 0.15) is 0 Å². The van der Waals surface area contributed by atoms with Gasteiger partial charge in [-0.1, -0.05) is 13.0 Å². The number of unbranched alkanes of at least 4 members (excludes halogenated alkanes) is 1. The van der Waals surface area contributed by atoms with Gasteiger partial charge in [0.25, 0.3) is 0 Å². The van der Waals surface area contributed by atoms with E-state index >= 15 is 0 Å². The van der Waals surface area contributed by atoms with Crippen LogP contribution in [0.3, 0.4) is 0 Å². The van der Waals surface area contributed by atoms with Crippen LogP contribution in [0.25, 0.3) is 0 Å². The van der Waals surface area contributed by atoms with Crippen molar-refractivity contribution in [2.45, 2.75) is 46.1 Å². The first-order valence-corrected chi connectivity index (χ1v) is 10.4. The van der Waals surface area contributed by atoms with Crippen molar-refractivity contribution in [2.24, 2.45) is 10.9 Å². The number of fused-ring (bicyclic) bond motifs is 1. The molecule has 3 rings (SSSR count). The maximum absolute atomic E-state index is 5.44. The van der Waals surface area contributed by atoms with Crippen molar-refractivity contribution in [3.8, 4) is 11.5 Å². The fourth-order valence-electron chi connectivity index (χ4n) is 3.71. The average molecular weight is 375 g/mol. The third kappa shape index (κ3) is 6.31. The first-order valence-electron chi connectivity index (χ1n) is 10.4. The highest BCUT2D eigenvalue weighted by Crippen LogP contribution is 2.32. The zero-order valence-electron chi connectivity index (χ0n) is 16.8. The first kappa shape index (κ1) is 19.8. The molecule has 0 saturated carbocycles. The van der Waals surface area contributed by atoms with E-state index < -0.39 is 0 Å². The lowest BCUT2D eigenvalue weighted by Gasteiger charge is -2.30. The number of nitrogens with zero attached hydrogens (tertiary/aromatic N) is 2. The van der Waals surface area contributed by atoms with Crippen molar-refractivity contribution in [1.29, 1.82) is 0 Å². The van der Waals surface area contributed by atoms with Crippen LogP contribution in [0.2, 0.25) is 0 Å². The van der Waals surface area contributed by atoms with Gasteiger partial charge in [-0.25, -0.2) is 4.99 Å². The summed E-state index contributed by atoms with van der Waals surface area (Å²) >= 11 is 0. The standard InChI is InChI=1S/C21H34N4O2/c1-3-22-21(23-10-4-5-11-25-12-6-7-17(2)15-25)24-14-18-8-9-19-20(13-18)27-16-26-19/h8-9,13,17H,3-7,10-12,14-16H2,1-2H3,(H2,22,23,24). The number of benzene rings is 1. The van der Waals surface area contributed by atoms with E-state index in [1.807, 2.05) is 18.2 Å². The molecule has 1 fully saturated rings. The van der Waals surface area contributed by atoms with E-state index in [2.05, 4.69) is 29.4 Å². The molecule has 6 heteroatoms. The van der Waals surface area contributed by atoms with Crippen LogP contribution in [-0.4, -0.2) is 50.4 Å². The Balaban J connectivity index is 1.38. The third-order valence-electron chi connectivity index (χ3n) is 5.14. The Labute approximate surface area is 163 Å². The van der Waals surface area contributed by atoms with E-state index in [1.54, 1.807) is 0 Å². The van der Waals surface area contributed by atoms with E-state index in [1.165, 1.54) is 45.3 Å². The van der Waals surface area contributed by atoms with Crippen LogP contribution in [0.1, 0.15) is 45.1 Å². The molecule has 0 radical (unpaired) electrons. The van der Waals surface area contributed by atoms with E-state index in [0.29, 0.717) is 13.3 Å². The van der Waals surface area contributed by atoms with Gasteiger partial charge in [-0.3, -0.25) is 0 Å². The molecule has 1 aromatic rings. The second-order valence-corrected chi connectivity index (χ2v) is 7.56. The minimum absolute atomic E-state index is 0.308. The van der Waals surface area contributed by atoms with Crippen LogP contribution in [0.15, 0.2) is 23.2 Å². The van der Waals surface area contributed by atoms with Crippen molar-refractivity contribution in [3.05, 3.63) is 23.8 Å². The van der Waals surface area contributed by atoms with Gasteiger partial charge in [0.05, 0.1) is 6.54 Å².